The molecule has 0 spiro atoms. The summed E-state index contributed by atoms with van der Waals surface area (Å²) in [4.78, 5) is 12.9. The molecule has 1 atom stereocenters. The summed E-state index contributed by atoms with van der Waals surface area (Å²) in [6, 6.07) is 12.5. The summed E-state index contributed by atoms with van der Waals surface area (Å²) < 4.78 is 0.992. The smallest absolute Gasteiger partial charge is 0.261 e. The number of benzene rings is 1. The van der Waals surface area contributed by atoms with Crippen LogP contribution < -0.4 is 5.32 Å². The zero-order chi connectivity index (χ0) is 13.2. The summed E-state index contributed by atoms with van der Waals surface area (Å²) in [6.07, 6.45) is 3.01. The van der Waals surface area contributed by atoms with Crippen LogP contribution in [0.25, 0.3) is 0 Å². The molecule has 0 saturated carbocycles. The average Bonchev–Trinajstić information content (AvgIpc) is 2.85. The van der Waals surface area contributed by atoms with Gasteiger partial charge in [0.15, 0.2) is 0 Å². The topological polar surface area (TPSA) is 29.1 Å². The van der Waals surface area contributed by atoms with Crippen LogP contribution in [0.3, 0.4) is 0 Å². The number of aryl methyl sites for hydroxylation is 1. The molecule has 1 aromatic heterocycles. The SMILES string of the molecule is O=C(NC1CCc2ccccc2C1)c1ccc(Br)s1. The Labute approximate surface area is 125 Å². The molecular formula is C15H14BrNOS. The Morgan fingerprint density at radius 1 is 1.21 bits per heavy atom. The first-order valence-electron chi connectivity index (χ1n) is 6.35. The van der Waals surface area contributed by atoms with Crippen LogP contribution in [-0.2, 0) is 12.8 Å². The molecule has 0 fully saturated rings. The number of rotatable bonds is 2. The minimum absolute atomic E-state index is 0.0417. The van der Waals surface area contributed by atoms with E-state index in [0.717, 1.165) is 27.9 Å². The predicted octanol–water partition coefficient (Wildman–Crippen LogP) is 3.80. The Morgan fingerprint density at radius 2 is 2.00 bits per heavy atom. The number of carbonyl (C=O) groups is 1. The monoisotopic (exact) mass is 335 g/mol. The van der Waals surface area contributed by atoms with E-state index in [-0.39, 0.29) is 11.9 Å². The molecule has 19 heavy (non-hydrogen) atoms. The van der Waals surface area contributed by atoms with Crippen LogP contribution in [0, 0.1) is 0 Å². The molecular weight excluding hydrogens is 322 g/mol. The van der Waals surface area contributed by atoms with E-state index in [4.69, 9.17) is 0 Å². The number of fused-ring (bicyclic) bond motifs is 1. The molecule has 2 nitrogen and oxygen atoms in total. The highest BCUT2D eigenvalue weighted by Crippen LogP contribution is 2.24. The van der Waals surface area contributed by atoms with Crippen molar-refractivity contribution in [2.75, 3.05) is 0 Å². The molecule has 2 aromatic rings. The van der Waals surface area contributed by atoms with Crippen LogP contribution in [-0.4, -0.2) is 11.9 Å². The first-order valence-corrected chi connectivity index (χ1v) is 7.96. The lowest BCUT2D eigenvalue weighted by Crippen LogP contribution is -2.38. The van der Waals surface area contributed by atoms with Crippen molar-refractivity contribution in [2.45, 2.75) is 25.3 Å². The van der Waals surface area contributed by atoms with Crippen molar-refractivity contribution in [1.29, 1.82) is 0 Å². The lowest BCUT2D eigenvalue weighted by molar-refractivity contribution is 0.0938. The second-order valence-corrected chi connectivity index (χ2v) is 7.25. The van der Waals surface area contributed by atoms with E-state index in [2.05, 4.69) is 45.5 Å². The summed E-state index contributed by atoms with van der Waals surface area (Å²) in [5, 5.41) is 3.14. The third-order valence-corrected chi connectivity index (χ3v) is 5.10. The molecule has 0 radical (unpaired) electrons. The summed E-state index contributed by atoms with van der Waals surface area (Å²) in [5.74, 6) is 0.0417. The first-order chi connectivity index (χ1) is 9.22. The molecule has 1 unspecified atom stereocenters. The van der Waals surface area contributed by atoms with Gasteiger partial charge in [-0.1, -0.05) is 24.3 Å². The highest BCUT2D eigenvalue weighted by molar-refractivity contribution is 9.11. The van der Waals surface area contributed by atoms with Crippen molar-refractivity contribution in [3.05, 3.63) is 56.2 Å². The Morgan fingerprint density at radius 3 is 2.74 bits per heavy atom. The molecule has 1 amide bonds. The van der Waals surface area contributed by atoms with E-state index in [1.165, 1.54) is 22.5 Å². The number of nitrogens with one attached hydrogen (secondary N) is 1. The molecule has 98 valence electrons. The maximum absolute atomic E-state index is 12.1. The van der Waals surface area contributed by atoms with Gasteiger partial charge in [-0.05, 0) is 58.5 Å². The minimum atomic E-state index is 0.0417. The molecule has 0 bridgehead atoms. The number of hydrogen-bond donors (Lipinski definition) is 1. The summed E-state index contributed by atoms with van der Waals surface area (Å²) in [5.41, 5.74) is 2.79. The fourth-order valence-electron chi connectivity index (χ4n) is 2.51. The number of carbonyl (C=O) groups excluding carboxylic acids is 1. The zero-order valence-corrected chi connectivity index (χ0v) is 12.8. The van der Waals surface area contributed by atoms with Gasteiger partial charge in [-0.25, -0.2) is 0 Å². The molecule has 0 saturated heterocycles. The van der Waals surface area contributed by atoms with Gasteiger partial charge in [0.05, 0.1) is 8.66 Å². The van der Waals surface area contributed by atoms with E-state index in [1.807, 2.05) is 12.1 Å². The van der Waals surface area contributed by atoms with Gasteiger partial charge in [0.1, 0.15) is 0 Å². The van der Waals surface area contributed by atoms with Gasteiger partial charge >= 0.3 is 0 Å². The lowest BCUT2D eigenvalue weighted by Gasteiger charge is -2.25. The van der Waals surface area contributed by atoms with E-state index >= 15 is 0 Å². The third-order valence-electron chi connectivity index (χ3n) is 3.48. The number of hydrogen-bond acceptors (Lipinski definition) is 2. The molecule has 0 aliphatic heterocycles. The molecule has 1 aromatic carbocycles. The van der Waals surface area contributed by atoms with E-state index in [0.29, 0.717) is 0 Å². The second-order valence-electron chi connectivity index (χ2n) is 4.79. The van der Waals surface area contributed by atoms with Crippen molar-refractivity contribution in [3.8, 4) is 0 Å². The van der Waals surface area contributed by atoms with Crippen molar-refractivity contribution in [3.63, 3.8) is 0 Å². The zero-order valence-electron chi connectivity index (χ0n) is 10.4. The second kappa shape index (κ2) is 5.47. The Hall–Kier alpha value is -1.13. The minimum Gasteiger partial charge on any atom is -0.348 e. The normalized spacial score (nSPS) is 17.8. The van der Waals surface area contributed by atoms with E-state index in [9.17, 15) is 4.79 Å². The largest absolute Gasteiger partial charge is 0.348 e. The van der Waals surface area contributed by atoms with Gasteiger partial charge in [-0.15, -0.1) is 11.3 Å². The summed E-state index contributed by atoms with van der Waals surface area (Å²) in [7, 11) is 0. The highest BCUT2D eigenvalue weighted by atomic mass is 79.9. The van der Waals surface area contributed by atoms with Crippen LogP contribution in [0.4, 0.5) is 0 Å². The third kappa shape index (κ3) is 2.90. The van der Waals surface area contributed by atoms with Crippen LogP contribution >= 0.6 is 27.3 Å². The van der Waals surface area contributed by atoms with Gasteiger partial charge in [0.2, 0.25) is 0 Å². The molecule has 1 N–H and O–H groups in total. The van der Waals surface area contributed by atoms with Gasteiger partial charge < -0.3 is 5.32 Å². The molecule has 4 heteroatoms. The van der Waals surface area contributed by atoms with Crippen molar-refractivity contribution in [1.82, 2.24) is 5.32 Å². The van der Waals surface area contributed by atoms with Crippen molar-refractivity contribution < 1.29 is 4.79 Å². The highest BCUT2D eigenvalue weighted by Gasteiger charge is 2.20. The molecule has 1 aliphatic rings. The number of halogens is 1. The maximum Gasteiger partial charge on any atom is 0.261 e. The lowest BCUT2D eigenvalue weighted by atomic mass is 9.88. The molecule has 1 aliphatic carbocycles. The van der Waals surface area contributed by atoms with Gasteiger partial charge in [0.25, 0.3) is 5.91 Å². The maximum atomic E-state index is 12.1. The summed E-state index contributed by atoms with van der Waals surface area (Å²) >= 11 is 4.86. The summed E-state index contributed by atoms with van der Waals surface area (Å²) in [6.45, 7) is 0. The fourth-order valence-corrected chi connectivity index (χ4v) is 3.80. The van der Waals surface area contributed by atoms with Crippen molar-refractivity contribution >= 4 is 33.2 Å². The number of amides is 1. The predicted molar refractivity (Wildman–Crippen MR) is 81.7 cm³/mol. The van der Waals surface area contributed by atoms with Gasteiger partial charge in [0, 0.05) is 6.04 Å². The van der Waals surface area contributed by atoms with Crippen LogP contribution in [0.1, 0.15) is 27.2 Å². The van der Waals surface area contributed by atoms with Gasteiger partial charge in [-0.3, -0.25) is 4.79 Å². The van der Waals surface area contributed by atoms with E-state index in [1.54, 1.807) is 0 Å². The first kappa shape index (κ1) is 12.9. The van der Waals surface area contributed by atoms with Crippen LogP contribution in [0.2, 0.25) is 0 Å². The fraction of sp³-hybridized carbons (Fsp3) is 0.267. The van der Waals surface area contributed by atoms with Crippen LogP contribution in [0.15, 0.2) is 40.2 Å². The Kier molecular flexibility index (Phi) is 3.71. The molecule has 1 heterocycles. The van der Waals surface area contributed by atoms with Gasteiger partial charge in [-0.2, -0.15) is 0 Å². The van der Waals surface area contributed by atoms with Crippen LogP contribution in [0.5, 0.6) is 0 Å². The van der Waals surface area contributed by atoms with E-state index < -0.39 is 0 Å². The standard InChI is InChI=1S/C15H14BrNOS/c16-14-8-7-13(19-14)15(18)17-12-6-5-10-3-1-2-4-11(10)9-12/h1-4,7-8,12H,5-6,9H2,(H,17,18). The average molecular weight is 336 g/mol. The Balaban J connectivity index is 1.68. The molecule has 3 rings (SSSR count). The quantitative estimate of drug-likeness (QED) is 0.888. The van der Waals surface area contributed by atoms with Crippen molar-refractivity contribution in [2.24, 2.45) is 0 Å². The Bertz CT molecular complexity index is 608. The number of thiophene rings is 1.